The summed E-state index contributed by atoms with van der Waals surface area (Å²) in [6.07, 6.45) is 1.58. The number of anilines is 1. The van der Waals surface area contributed by atoms with Crippen molar-refractivity contribution in [1.29, 1.82) is 0 Å². The van der Waals surface area contributed by atoms with Crippen molar-refractivity contribution in [3.8, 4) is 11.3 Å². The molecular weight excluding hydrogens is 432 g/mol. The molecular formula is C26H29ClN6. The van der Waals surface area contributed by atoms with Gasteiger partial charge in [0.1, 0.15) is 17.8 Å². The van der Waals surface area contributed by atoms with E-state index in [9.17, 15) is 0 Å². The van der Waals surface area contributed by atoms with Crippen LogP contribution in [0.15, 0.2) is 60.9 Å². The first kappa shape index (κ1) is 21.9. The number of hydrogen-bond donors (Lipinski definition) is 2. The van der Waals surface area contributed by atoms with Crippen LogP contribution in [-0.4, -0.2) is 57.5 Å². The van der Waals surface area contributed by atoms with Crippen LogP contribution < -0.4 is 5.32 Å². The number of aromatic amines is 1. The molecule has 0 spiro atoms. The highest BCUT2D eigenvalue weighted by molar-refractivity contribution is 6.31. The summed E-state index contributed by atoms with van der Waals surface area (Å²) in [5.74, 6) is 0.797. The lowest BCUT2D eigenvalue weighted by Crippen LogP contribution is -2.45. The molecule has 1 saturated heterocycles. The maximum absolute atomic E-state index is 6.30. The van der Waals surface area contributed by atoms with Gasteiger partial charge < -0.3 is 15.2 Å². The molecule has 0 amide bonds. The molecule has 2 aromatic heterocycles. The van der Waals surface area contributed by atoms with E-state index in [1.54, 1.807) is 6.33 Å². The molecule has 0 atom stereocenters. The maximum atomic E-state index is 6.30. The summed E-state index contributed by atoms with van der Waals surface area (Å²) in [7, 11) is 0. The van der Waals surface area contributed by atoms with Crippen molar-refractivity contribution in [2.45, 2.75) is 20.0 Å². The molecule has 170 valence electrons. The predicted octanol–water partition coefficient (Wildman–Crippen LogP) is 5.03. The van der Waals surface area contributed by atoms with Gasteiger partial charge in [-0.25, -0.2) is 9.97 Å². The highest BCUT2D eigenvalue weighted by Gasteiger charge is 2.16. The largest absolute Gasteiger partial charge is 0.365 e. The molecule has 3 heterocycles. The Morgan fingerprint density at radius 3 is 2.48 bits per heavy atom. The van der Waals surface area contributed by atoms with Crippen molar-refractivity contribution in [3.05, 3.63) is 77.1 Å². The Morgan fingerprint density at radius 2 is 1.73 bits per heavy atom. The summed E-state index contributed by atoms with van der Waals surface area (Å²) in [6.45, 7) is 9.60. The van der Waals surface area contributed by atoms with Crippen molar-refractivity contribution in [3.63, 3.8) is 0 Å². The molecule has 0 radical (unpaired) electrons. The van der Waals surface area contributed by atoms with Crippen LogP contribution in [0.5, 0.6) is 0 Å². The molecule has 1 aliphatic rings. The van der Waals surface area contributed by atoms with E-state index in [-0.39, 0.29) is 0 Å². The Labute approximate surface area is 199 Å². The van der Waals surface area contributed by atoms with Crippen LogP contribution in [0.3, 0.4) is 0 Å². The summed E-state index contributed by atoms with van der Waals surface area (Å²) in [4.78, 5) is 17.4. The predicted molar refractivity (Wildman–Crippen MR) is 135 cm³/mol. The van der Waals surface area contributed by atoms with E-state index in [0.717, 1.165) is 78.0 Å². The van der Waals surface area contributed by atoms with Gasteiger partial charge in [0.15, 0.2) is 0 Å². The average Bonchev–Trinajstić information content (AvgIpc) is 3.30. The zero-order valence-corrected chi connectivity index (χ0v) is 19.6. The first-order valence-corrected chi connectivity index (χ1v) is 11.9. The standard InChI is InChI=1S/C26H29ClN6/c1-2-32-11-13-33(14-12-32)17-19-7-9-20(10-8-19)24-15-22-25(29-18-30-26(22)31-24)28-16-21-5-3-4-6-23(21)27/h3-10,15,18H,2,11-14,16-17H2,1H3,(H2,28,29,30,31). The normalized spacial score (nSPS) is 15.2. The summed E-state index contributed by atoms with van der Waals surface area (Å²) >= 11 is 6.30. The third-order valence-corrected chi connectivity index (χ3v) is 6.78. The van der Waals surface area contributed by atoms with Crippen molar-refractivity contribution >= 4 is 28.5 Å². The molecule has 6 nitrogen and oxygen atoms in total. The number of likely N-dealkylation sites (N-methyl/N-ethyl adjacent to an activating group) is 1. The number of hydrogen-bond acceptors (Lipinski definition) is 5. The molecule has 0 saturated carbocycles. The minimum Gasteiger partial charge on any atom is -0.365 e. The fraction of sp³-hybridized carbons (Fsp3) is 0.308. The third kappa shape index (κ3) is 5.03. The highest BCUT2D eigenvalue weighted by Crippen LogP contribution is 2.28. The second kappa shape index (κ2) is 9.91. The minimum absolute atomic E-state index is 0.605. The van der Waals surface area contributed by atoms with E-state index in [0.29, 0.717) is 6.54 Å². The molecule has 33 heavy (non-hydrogen) atoms. The fourth-order valence-corrected chi connectivity index (χ4v) is 4.57. The molecule has 4 aromatic rings. The van der Waals surface area contributed by atoms with Crippen molar-refractivity contribution in [1.82, 2.24) is 24.8 Å². The SMILES string of the molecule is CCN1CCN(Cc2ccc(-c3cc4c(NCc5ccccc5Cl)ncnc4[nH]3)cc2)CC1. The molecule has 2 N–H and O–H groups in total. The molecule has 5 rings (SSSR count). The van der Waals surface area contributed by atoms with E-state index in [1.165, 1.54) is 5.56 Å². The van der Waals surface area contributed by atoms with E-state index in [2.05, 4.69) is 67.3 Å². The molecule has 7 heteroatoms. The molecule has 0 bridgehead atoms. The van der Waals surface area contributed by atoms with Crippen LogP contribution in [0.4, 0.5) is 5.82 Å². The van der Waals surface area contributed by atoms with Gasteiger partial charge in [-0.1, -0.05) is 61.0 Å². The van der Waals surface area contributed by atoms with Crippen molar-refractivity contribution in [2.75, 3.05) is 38.0 Å². The highest BCUT2D eigenvalue weighted by atomic mass is 35.5. The Kier molecular flexibility index (Phi) is 6.58. The van der Waals surface area contributed by atoms with Gasteiger partial charge in [0.25, 0.3) is 0 Å². The number of benzene rings is 2. The number of halogens is 1. The molecule has 1 aliphatic heterocycles. The van der Waals surface area contributed by atoms with Gasteiger partial charge in [0.2, 0.25) is 0 Å². The van der Waals surface area contributed by atoms with Crippen LogP contribution in [-0.2, 0) is 13.1 Å². The number of fused-ring (bicyclic) bond motifs is 1. The Morgan fingerprint density at radius 1 is 0.970 bits per heavy atom. The van der Waals surface area contributed by atoms with Crippen molar-refractivity contribution in [2.24, 2.45) is 0 Å². The smallest absolute Gasteiger partial charge is 0.143 e. The summed E-state index contributed by atoms with van der Waals surface area (Å²) in [5, 5.41) is 5.12. The monoisotopic (exact) mass is 460 g/mol. The Balaban J connectivity index is 1.29. The number of nitrogens with one attached hydrogen (secondary N) is 2. The second-order valence-corrected chi connectivity index (χ2v) is 8.93. The zero-order chi connectivity index (χ0) is 22.6. The van der Waals surface area contributed by atoms with Crippen LogP contribution in [0, 0.1) is 0 Å². The lowest BCUT2D eigenvalue weighted by Gasteiger charge is -2.34. The third-order valence-electron chi connectivity index (χ3n) is 6.41. The van der Waals surface area contributed by atoms with Crippen LogP contribution >= 0.6 is 11.6 Å². The fourth-order valence-electron chi connectivity index (χ4n) is 4.37. The van der Waals surface area contributed by atoms with Crippen LogP contribution in [0.1, 0.15) is 18.1 Å². The van der Waals surface area contributed by atoms with Gasteiger partial charge >= 0.3 is 0 Å². The minimum atomic E-state index is 0.605. The number of rotatable bonds is 7. The quantitative estimate of drug-likeness (QED) is 0.405. The lowest BCUT2D eigenvalue weighted by atomic mass is 10.1. The van der Waals surface area contributed by atoms with Gasteiger partial charge in [-0.15, -0.1) is 0 Å². The first-order chi connectivity index (χ1) is 16.2. The Bertz CT molecular complexity index is 1210. The van der Waals surface area contributed by atoms with E-state index in [1.807, 2.05) is 24.3 Å². The second-order valence-electron chi connectivity index (χ2n) is 8.52. The number of piperazine rings is 1. The van der Waals surface area contributed by atoms with Crippen LogP contribution in [0.2, 0.25) is 5.02 Å². The van der Waals surface area contributed by atoms with Gasteiger partial charge in [-0.3, -0.25) is 4.90 Å². The van der Waals surface area contributed by atoms with Crippen LogP contribution in [0.25, 0.3) is 22.3 Å². The molecule has 0 unspecified atom stereocenters. The number of aromatic nitrogens is 3. The lowest BCUT2D eigenvalue weighted by molar-refractivity contribution is 0.132. The van der Waals surface area contributed by atoms with Crippen molar-refractivity contribution < 1.29 is 0 Å². The number of H-pyrrole nitrogens is 1. The van der Waals surface area contributed by atoms with Gasteiger partial charge in [-0.05, 0) is 35.4 Å². The average molecular weight is 461 g/mol. The topological polar surface area (TPSA) is 60.1 Å². The van der Waals surface area contributed by atoms with Gasteiger partial charge in [0, 0.05) is 50.0 Å². The first-order valence-electron chi connectivity index (χ1n) is 11.5. The summed E-state index contributed by atoms with van der Waals surface area (Å²) in [6, 6.07) is 18.8. The molecule has 0 aliphatic carbocycles. The Hall–Kier alpha value is -2.93. The van der Waals surface area contributed by atoms with E-state index >= 15 is 0 Å². The molecule has 1 fully saturated rings. The maximum Gasteiger partial charge on any atom is 0.143 e. The molecule has 2 aromatic carbocycles. The van der Waals surface area contributed by atoms with E-state index in [4.69, 9.17) is 11.6 Å². The number of nitrogens with zero attached hydrogens (tertiary/aromatic N) is 4. The van der Waals surface area contributed by atoms with Gasteiger partial charge in [-0.2, -0.15) is 0 Å². The summed E-state index contributed by atoms with van der Waals surface area (Å²) in [5.41, 5.74) is 5.38. The summed E-state index contributed by atoms with van der Waals surface area (Å²) < 4.78 is 0. The van der Waals surface area contributed by atoms with Gasteiger partial charge in [0.05, 0.1) is 5.39 Å². The zero-order valence-electron chi connectivity index (χ0n) is 18.9. The van der Waals surface area contributed by atoms with E-state index < -0.39 is 0 Å².